The number of ether oxygens (including phenoxy) is 1. The van der Waals surface area contributed by atoms with Crippen molar-refractivity contribution in [3.63, 3.8) is 0 Å². The van der Waals surface area contributed by atoms with Gasteiger partial charge in [0.25, 0.3) is 5.91 Å². The first-order chi connectivity index (χ1) is 8.31. The molecule has 0 atom stereocenters. The molecule has 1 saturated heterocycles. The Hall–Kier alpha value is -1.04. The monoisotopic (exact) mass is 252 g/mol. The number of carbonyl (C=O) groups is 1. The number of nitrogens with zero attached hydrogens (tertiary/aromatic N) is 1. The number of rotatable bonds is 3. The minimum absolute atomic E-state index is 0.0920. The van der Waals surface area contributed by atoms with Crippen LogP contribution >= 0.6 is 11.9 Å². The molecular weight excluding hydrogens is 236 g/mol. The van der Waals surface area contributed by atoms with Crippen molar-refractivity contribution >= 4 is 17.9 Å². The van der Waals surface area contributed by atoms with Gasteiger partial charge in [0, 0.05) is 23.5 Å². The summed E-state index contributed by atoms with van der Waals surface area (Å²) in [6.07, 6.45) is 0. The van der Waals surface area contributed by atoms with Crippen LogP contribution in [0.4, 0.5) is 0 Å². The molecule has 0 saturated carbocycles. The van der Waals surface area contributed by atoms with Gasteiger partial charge in [-0.05, 0) is 43.3 Å². The largest absolute Gasteiger partial charge is 0.378 e. The van der Waals surface area contributed by atoms with Gasteiger partial charge in [-0.3, -0.25) is 9.52 Å². The van der Waals surface area contributed by atoms with Gasteiger partial charge in [-0.15, -0.1) is 0 Å². The molecule has 2 rings (SSSR count). The van der Waals surface area contributed by atoms with Crippen LogP contribution in [0.3, 0.4) is 0 Å². The van der Waals surface area contributed by atoms with Crippen molar-refractivity contribution in [3.05, 3.63) is 29.8 Å². The fourth-order valence-electron chi connectivity index (χ4n) is 1.73. The lowest BCUT2D eigenvalue weighted by molar-refractivity contribution is 0.0303. The standard InChI is InChI=1S/C12H16N2O2S/c1-13-17-11-4-2-10(3-5-11)12(15)14-6-8-16-9-7-14/h2-5,13H,6-9H2,1H3. The van der Waals surface area contributed by atoms with Crippen LogP contribution in [-0.2, 0) is 4.74 Å². The highest BCUT2D eigenvalue weighted by Gasteiger charge is 2.18. The van der Waals surface area contributed by atoms with Gasteiger partial charge in [-0.1, -0.05) is 0 Å². The molecule has 1 aromatic carbocycles. The van der Waals surface area contributed by atoms with Gasteiger partial charge in [0.2, 0.25) is 0 Å². The normalized spacial score (nSPS) is 15.9. The zero-order valence-corrected chi connectivity index (χ0v) is 10.6. The van der Waals surface area contributed by atoms with Crippen LogP contribution in [0.2, 0.25) is 0 Å². The van der Waals surface area contributed by atoms with Crippen LogP contribution in [0.1, 0.15) is 10.4 Å². The van der Waals surface area contributed by atoms with Crippen LogP contribution in [-0.4, -0.2) is 44.2 Å². The second-order valence-electron chi connectivity index (χ2n) is 3.74. The summed E-state index contributed by atoms with van der Waals surface area (Å²) in [4.78, 5) is 15.1. The summed E-state index contributed by atoms with van der Waals surface area (Å²) in [5, 5.41) is 0. The van der Waals surface area contributed by atoms with Gasteiger partial charge in [0.05, 0.1) is 13.2 Å². The topological polar surface area (TPSA) is 41.6 Å². The highest BCUT2D eigenvalue weighted by Crippen LogP contribution is 2.16. The van der Waals surface area contributed by atoms with Crippen LogP contribution in [0, 0.1) is 0 Å². The van der Waals surface area contributed by atoms with Gasteiger partial charge in [0.1, 0.15) is 0 Å². The maximum atomic E-state index is 12.1. The molecule has 0 radical (unpaired) electrons. The number of amides is 1. The molecule has 4 nitrogen and oxygen atoms in total. The Labute approximate surface area is 105 Å². The third kappa shape index (κ3) is 3.21. The Balaban J connectivity index is 2.03. The average Bonchev–Trinajstić information content (AvgIpc) is 2.40. The van der Waals surface area contributed by atoms with Crippen LogP contribution in [0.25, 0.3) is 0 Å². The van der Waals surface area contributed by atoms with Crippen LogP contribution in [0.15, 0.2) is 29.2 Å². The molecule has 1 aliphatic heterocycles. The Kier molecular flexibility index (Phi) is 4.42. The van der Waals surface area contributed by atoms with E-state index in [1.807, 2.05) is 36.2 Å². The first-order valence-electron chi connectivity index (χ1n) is 5.62. The maximum Gasteiger partial charge on any atom is 0.254 e. The van der Waals surface area contributed by atoms with E-state index in [1.54, 1.807) is 0 Å². The van der Waals surface area contributed by atoms with Crippen molar-refractivity contribution in [2.24, 2.45) is 0 Å². The van der Waals surface area contributed by atoms with Gasteiger partial charge in [-0.2, -0.15) is 0 Å². The molecule has 0 aliphatic carbocycles. The zero-order chi connectivity index (χ0) is 12.1. The van der Waals surface area contributed by atoms with E-state index in [0.717, 1.165) is 10.5 Å². The maximum absolute atomic E-state index is 12.1. The molecule has 1 N–H and O–H groups in total. The smallest absolute Gasteiger partial charge is 0.254 e. The van der Waals surface area contributed by atoms with Crippen LogP contribution < -0.4 is 4.72 Å². The predicted octanol–water partition coefficient (Wildman–Crippen LogP) is 1.39. The van der Waals surface area contributed by atoms with Crippen molar-refractivity contribution in [2.45, 2.75) is 4.90 Å². The summed E-state index contributed by atoms with van der Waals surface area (Å²) in [5.74, 6) is 0.0920. The lowest BCUT2D eigenvalue weighted by atomic mass is 10.2. The highest BCUT2D eigenvalue weighted by molar-refractivity contribution is 7.97. The van der Waals surface area contributed by atoms with Crippen LogP contribution in [0.5, 0.6) is 0 Å². The second-order valence-corrected chi connectivity index (χ2v) is 4.82. The summed E-state index contributed by atoms with van der Waals surface area (Å²) >= 11 is 1.54. The number of morpholine rings is 1. The molecule has 1 fully saturated rings. The van der Waals surface area contributed by atoms with E-state index in [0.29, 0.717) is 26.3 Å². The molecule has 92 valence electrons. The minimum atomic E-state index is 0.0920. The molecule has 17 heavy (non-hydrogen) atoms. The average molecular weight is 252 g/mol. The Morgan fingerprint density at radius 1 is 1.29 bits per heavy atom. The molecule has 1 aliphatic rings. The molecule has 1 heterocycles. The van der Waals surface area contributed by atoms with Crippen molar-refractivity contribution < 1.29 is 9.53 Å². The third-order valence-electron chi connectivity index (χ3n) is 2.62. The van der Waals surface area contributed by atoms with E-state index in [-0.39, 0.29) is 5.91 Å². The lowest BCUT2D eigenvalue weighted by Crippen LogP contribution is -2.40. The van der Waals surface area contributed by atoms with Crippen molar-refractivity contribution in [2.75, 3.05) is 33.4 Å². The Bertz CT molecular complexity index is 375. The number of carbonyl (C=O) groups excluding carboxylic acids is 1. The van der Waals surface area contributed by atoms with E-state index in [4.69, 9.17) is 4.74 Å². The number of benzene rings is 1. The van der Waals surface area contributed by atoms with Gasteiger partial charge in [-0.25, -0.2) is 0 Å². The number of nitrogens with one attached hydrogen (secondary N) is 1. The predicted molar refractivity (Wildman–Crippen MR) is 68.1 cm³/mol. The second kappa shape index (κ2) is 6.05. The molecular formula is C12H16N2O2S. The summed E-state index contributed by atoms with van der Waals surface area (Å²) in [7, 11) is 1.87. The van der Waals surface area contributed by atoms with E-state index >= 15 is 0 Å². The highest BCUT2D eigenvalue weighted by atomic mass is 32.2. The van der Waals surface area contributed by atoms with E-state index in [2.05, 4.69) is 4.72 Å². The first kappa shape index (κ1) is 12.4. The summed E-state index contributed by atoms with van der Waals surface area (Å²) in [6.45, 7) is 2.65. The minimum Gasteiger partial charge on any atom is -0.378 e. The van der Waals surface area contributed by atoms with Crippen molar-refractivity contribution in [1.82, 2.24) is 9.62 Å². The van der Waals surface area contributed by atoms with Crippen molar-refractivity contribution in [3.8, 4) is 0 Å². The fourth-order valence-corrected chi connectivity index (χ4v) is 2.24. The fraction of sp³-hybridized carbons (Fsp3) is 0.417. The van der Waals surface area contributed by atoms with Gasteiger partial charge >= 0.3 is 0 Å². The number of hydrogen-bond donors (Lipinski definition) is 1. The third-order valence-corrected chi connectivity index (χ3v) is 3.33. The SMILES string of the molecule is CNSc1ccc(C(=O)N2CCOCC2)cc1. The van der Waals surface area contributed by atoms with E-state index < -0.39 is 0 Å². The van der Waals surface area contributed by atoms with E-state index in [1.165, 1.54) is 11.9 Å². The molecule has 0 spiro atoms. The Morgan fingerprint density at radius 3 is 2.53 bits per heavy atom. The van der Waals surface area contributed by atoms with Crippen molar-refractivity contribution in [1.29, 1.82) is 0 Å². The van der Waals surface area contributed by atoms with Gasteiger partial charge < -0.3 is 9.64 Å². The summed E-state index contributed by atoms with van der Waals surface area (Å²) in [6, 6.07) is 7.65. The molecule has 1 amide bonds. The zero-order valence-electron chi connectivity index (χ0n) is 9.81. The molecule has 0 unspecified atom stereocenters. The first-order valence-corrected chi connectivity index (χ1v) is 6.43. The Morgan fingerprint density at radius 2 is 1.94 bits per heavy atom. The number of hydrogen-bond acceptors (Lipinski definition) is 4. The summed E-state index contributed by atoms with van der Waals surface area (Å²) < 4.78 is 8.23. The molecule has 0 aromatic heterocycles. The van der Waals surface area contributed by atoms with E-state index in [9.17, 15) is 4.79 Å². The lowest BCUT2D eigenvalue weighted by Gasteiger charge is -2.26. The quantitative estimate of drug-likeness (QED) is 0.825. The molecule has 1 aromatic rings. The molecule has 0 bridgehead atoms. The summed E-state index contributed by atoms with van der Waals surface area (Å²) in [5.41, 5.74) is 0.743. The molecule has 5 heteroatoms. The van der Waals surface area contributed by atoms with Gasteiger partial charge in [0.15, 0.2) is 0 Å².